The van der Waals surface area contributed by atoms with Crippen molar-refractivity contribution in [2.24, 2.45) is 0 Å². The standard InChI is InChI=1S/C21H22ClNO3/c1-15-6-2-3-7-16(15)19(24)10-11-21(25)23-12-13-26-20(14-23)17-8-4-5-9-18(17)22/h2-9,20H,10-14H2,1H3. The number of rotatable bonds is 5. The molecule has 26 heavy (non-hydrogen) atoms. The molecule has 2 aromatic carbocycles. The van der Waals surface area contributed by atoms with Crippen LogP contribution in [0.1, 0.15) is 40.4 Å². The van der Waals surface area contributed by atoms with Crippen molar-refractivity contribution >= 4 is 23.3 Å². The molecule has 0 aliphatic carbocycles. The van der Waals surface area contributed by atoms with E-state index in [1.165, 1.54) is 0 Å². The zero-order chi connectivity index (χ0) is 18.5. The van der Waals surface area contributed by atoms with E-state index in [0.717, 1.165) is 11.1 Å². The van der Waals surface area contributed by atoms with Crippen molar-refractivity contribution in [2.75, 3.05) is 19.7 Å². The number of benzene rings is 2. The lowest BCUT2D eigenvalue weighted by atomic mass is 10.0. The van der Waals surface area contributed by atoms with E-state index in [1.54, 1.807) is 4.90 Å². The number of aryl methyl sites for hydroxylation is 1. The molecule has 1 aliphatic rings. The van der Waals surface area contributed by atoms with Crippen LogP contribution in [0.3, 0.4) is 0 Å². The molecule has 1 saturated heterocycles. The predicted octanol–water partition coefficient (Wildman–Crippen LogP) is 4.21. The number of hydrogen-bond donors (Lipinski definition) is 0. The van der Waals surface area contributed by atoms with Gasteiger partial charge in [-0.15, -0.1) is 0 Å². The summed E-state index contributed by atoms with van der Waals surface area (Å²) in [6.45, 7) is 3.37. The number of hydrogen-bond acceptors (Lipinski definition) is 3. The van der Waals surface area contributed by atoms with Crippen molar-refractivity contribution in [2.45, 2.75) is 25.9 Å². The van der Waals surface area contributed by atoms with Gasteiger partial charge in [-0.05, 0) is 18.6 Å². The summed E-state index contributed by atoms with van der Waals surface area (Å²) in [4.78, 5) is 26.7. The van der Waals surface area contributed by atoms with E-state index in [1.807, 2.05) is 55.5 Å². The highest BCUT2D eigenvalue weighted by Gasteiger charge is 2.26. The van der Waals surface area contributed by atoms with E-state index in [0.29, 0.717) is 30.3 Å². The van der Waals surface area contributed by atoms with E-state index in [4.69, 9.17) is 16.3 Å². The number of carbonyl (C=O) groups excluding carboxylic acids is 2. The van der Waals surface area contributed by atoms with Crippen LogP contribution in [0.2, 0.25) is 5.02 Å². The van der Waals surface area contributed by atoms with Gasteiger partial charge in [-0.25, -0.2) is 0 Å². The topological polar surface area (TPSA) is 46.6 Å². The van der Waals surface area contributed by atoms with Crippen LogP contribution in [0.4, 0.5) is 0 Å². The first-order valence-corrected chi connectivity index (χ1v) is 9.16. The molecule has 1 heterocycles. The molecule has 0 bridgehead atoms. The average molecular weight is 372 g/mol. The van der Waals surface area contributed by atoms with Gasteiger partial charge in [-0.2, -0.15) is 0 Å². The largest absolute Gasteiger partial charge is 0.370 e. The number of halogens is 1. The van der Waals surface area contributed by atoms with Crippen LogP contribution in [0.25, 0.3) is 0 Å². The van der Waals surface area contributed by atoms with Gasteiger partial charge in [-0.3, -0.25) is 9.59 Å². The summed E-state index contributed by atoms with van der Waals surface area (Å²) in [6.07, 6.45) is 0.202. The minimum Gasteiger partial charge on any atom is -0.370 e. The number of Topliss-reactive ketones (excluding diaryl/α,β-unsaturated/α-hetero) is 1. The van der Waals surface area contributed by atoms with E-state index in [-0.39, 0.29) is 30.6 Å². The molecule has 1 aliphatic heterocycles. The van der Waals surface area contributed by atoms with Gasteiger partial charge in [0.1, 0.15) is 6.10 Å². The molecule has 1 amide bonds. The lowest BCUT2D eigenvalue weighted by Gasteiger charge is -2.33. The Labute approximate surface area is 158 Å². The molecule has 5 heteroatoms. The monoisotopic (exact) mass is 371 g/mol. The Bertz CT molecular complexity index is 805. The fourth-order valence-corrected chi connectivity index (χ4v) is 3.46. The summed E-state index contributed by atoms with van der Waals surface area (Å²) in [6, 6.07) is 15.0. The van der Waals surface area contributed by atoms with Crippen LogP contribution >= 0.6 is 11.6 Å². The fraction of sp³-hybridized carbons (Fsp3) is 0.333. The Morgan fingerprint density at radius 1 is 1.12 bits per heavy atom. The third-order valence-corrected chi connectivity index (χ3v) is 5.03. The van der Waals surface area contributed by atoms with Gasteiger partial charge in [0.25, 0.3) is 0 Å². The van der Waals surface area contributed by atoms with Gasteiger partial charge in [-0.1, -0.05) is 54.1 Å². The van der Waals surface area contributed by atoms with E-state index in [9.17, 15) is 9.59 Å². The number of ether oxygens (including phenoxy) is 1. The van der Waals surface area contributed by atoms with E-state index >= 15 is 0 Å². The smallest absolute Gasteiger partial charge is 0.223 e. The van der Waals surface area contributed by atoms with E-state index in [2.05, 4.69) is 0 Å². The minimum atomic E-state index is -0.228. The van der Waals surface area contributed by atoms with Crippen LogP contribution in [0.15, 0.2) is 48.5 Å². The first-order chi connectivity index (χ1) is 12.6. The zero-order valence-electron chi connectivity index (χ0n) is 14.8. The molecule has 4 nitrogen and oxygen atoms in total. The number of nitrogens with zero attached hydrogens (tertiary/aromatic N) is 1. The molecule has 0 spiro atoms. The quantitative estimate of drug-likeness (QED) is 0.739. The van der Waals surface area contributed by atoms with Crippen molar-refractivity contribution < 1.29 is 14.3 Å². The van der Waals surface area contributed by atoms with Gasteiger partial charge in [0.15, 0.2) is 5.78 Å². The second-order valence-corrected chi connectivity index (χ2v) is 6.87. The Hall–Kier alpha value is -2.17. The second kappa shape index (κ2) is 8.47. The Morgan fingerprint density at radius 3 is 2.62 bits per heavy atom. The van der Waals surface area contributed by atoms with Crippen LogP contribution in [-0.2, 0) is 9.53 Å². The average Bonchev–Trinajstić information content (AvgIpc) is 2.66. The molecule has 2 aromatic rings. The maximum Gasteiger partial charge on any atom is 0.223 e. The molecule has 0 saturated carbocycles. The third kappa shape index (κ3) is 4.32. The van der Waals surface area contributed by atoms with Crippen LogP contribution in [-0.4, -0.2) is 36.3 Å². The third-order valence-electron chi connectivity index (χ3n) is 4.68. The van der Waals surface area contributed by atoms with Crippen molar-refractivity contribution in [1.82, 2.24) is 4.90 Å². The van der Waals surface area contributed by atoms with Crippen LogP contribution in [0.5, 0.6) is 0 Å². The van der Waals surface area contributed by atoms with E-state index < -0.39 is 0 Å². The molecule has 0 aromatic heterocycles. The van der Waals surface area contributed by atoms with Crippen LogP contribution in [0, 0.1) is 6.92 Å². The number of morpholine rings is 1. The Morgan fingerprint density at radius 2 is 1.85 bits per heavy atom. The van der Waals surface area contributed by atoms with Gasteiger partial charge in [0.05, 0.1) is 13.2 Å². The van der Waals surface area contributed by atoms with Gasteiger partial charge in [0, 0.05) is 35.5 Å². The molecule has 0 N–H and O–H groups in total. The summed E-state index contributed by atoms with van der Waals surface area (Å²) < 4.78 is 5.79. The SMILES string of the molecule is Cc1ccccc1C(=O)CCC(=O)N1CCOC(c2ccccc2Cl)C1. The Kier molecular flexibility index (Phi) is 6.07. The van der Waals surface area contributed by atoms with Crippen molar-refractivity contribution in [1.29, 1.82) is 0 Å². The minimum absolute atomic E-state index is 0.00682. The summed E-state index contributed by atoms with van der Waals surface area (Å²) in [5.74, 6) is -0.0142. The lowest BCUT2D eigenvalue weighted by Crippen LogP contribution is -2.42. The molecule has 1 fully saturated rings. The molecule has 3 rings (SSSR count). The van der Waals surface area contributed by atoms with Gasteiger partial charge >= 0.3 is 0 Å². The lowest BCUT2D eigenvalue weighted by molar-refractivity contribution is -0.139. The highest BCUT2D eigenvalue weighted by molar-refractivity contribution is 6.31. The highest BCUT2D eigenvalue weighted by Crippen LogP contribution is 2.28. The molecular weight excluding hydrogens is 350 g/mol. The Balaban J connectivity index is 1.59. The maximum atomic E-state index is 12.6. The summed E-state index contributed by atoms with van der Waals surface area (Å²) in [7, 11) is 0. The van der Waals surface area contributed by atoms with Gasteiger partial charge in [0.2, 0.25) is 5.91 Å². The molecular formula is C21H22ClNO3. The fourth-order valence-electron chi connectivity index (χ4n) is 3.20. The van der Waals surface area contributed by atoms with Crippen LogP contribution < -0.4 is 0 Å². The normalized spacial score (nSPS) is 17.2. The first kappa shape index (κ1) is 18.6. The molecule has 0 radical (unpaired) electrons. The highest BCUT2D eigenvalue weighted by atomic mass is 35.5. The summed E-state index contributed by atoms with van der Waals surface area (Å²) in [5.41, 5.74) is 2.52. The summed E-state index contributed by atoms with van der Waals surface area (Å²) >= 11 is 6.24. The van der Waals surface area contributed by atoms with Crippen molar-refractivity contribution in [3.05, 3.63) is 70.2 Å². The number of ketones is 1. The molecule has 1 atom stereocenters. The predicted molar refractivity (Wildman–Crippen MR) is 101 cm³/mol. The van der Waals surface area contributed by atoms with Gasteiger partial charge < -0.3 is 9.64 Å². The number of carbonyl (C=O) groups is 2. The van der Waals surface area contributed by atoms with Crippen molar-refractivity contribution in [3.63, 3.8) is 0 Å². The first-order valence-electron chi connectivity index (χ1n) is 8.79. The molecule has 136 valence electrons. The maximum absolute atomic E-state index is 12.6. The zero-order valence-corrected chi connectivity index (χ0v) is 15.5. The summed E-state index contributed by atoms with van der Waals surface area (Å²) in [5, 5.41) is 0.640. The van der Waals surface area contributed by atoms with Crippen molar-refractivity contribution in [3.8, 4) is 0 Å². The molecule has 1 unspecified atom stereocenters. The number of amides is 1. The second-order valence-electron chi connectivity index (χ2n) is 6.46.